The molecule has 29 heavy (non-hydrogen) atoms. The summed E-state index contributed by atoms with van der Waals surface area (Å²) in [5.41, 5.74) is 3.84. The van der Waals surface area contributed by atoms with Gasteiger partial charge in [0.1, 0.15) is 18.5 Å². The smallest absolute Gasteiger partial charge is 0.265 e. The first-order chi connectivity index (χ1) is 14.0. The van der Waals surface area contributed by atoms with Gasteiger partial charge in [-0.05, 0) is 40.3 Å². The molecule has 2 aromatic heterocycles. The van der Waals surface area contributed by atoms with Gasteiger partial charge >= 0.3 is 0 Å². The highest BCUT2D eigenvalue weighted by Crippen LogP contribution is 2.32. The number of hydrogen-bond acceptors (Lipinski definition) is 9. The lowest BCUT2D eigenvalue weighted by Crippen LogP contribution is -2.45. The lowest BCUT2D eigenvalue weighted by Gasteiger charge is -2.16. The summed E-state index contributed by atoms with van der Waals surface area (Å²) < 4.78 is 8.10. The van der Waals surface area contributed by atoms with Crippen LogP contribution in [0.1, 0.15) is 11.8 Å². The molecule has 11 nitrogen and oxygen atoms in total. The molecule has 0 aliphatic carbocycles. The number of hydrazine groups is 1. The highest BCUT2D eigenvalue weighted by atomic mass is 127. The molecule has 0 spiro atoms. The highest BCUT2D eigenvalue weighted by molar-refractivity contribution is 14.1. The number of aliphatic hydroxyl groups excluding tert-OH is 2. The van der Waals surface area contributed by atoms with Crippen molar-refractivity contribution in [2.45, 2.75) is 31.1 Å². The van der Waals surface area contributed by atoms with Crippen molar-refractivity contribution in [3.05, 3.63) is 46.1 Å². The van der Waals surface area contributed by atoms with Crippen molar-refractivity contribution in [1.29, 1.82) is 0 Å². The SMILES string of the molecule is NNC(=O)C1OC(n2cnc3c(NCc4cccc(I)c4)ncnc32)C(O)C1O. The van der Waals surface area contributed by atoms with Crippen LogP contribution < -0.4 is 16.6 Å². The number of nitrogens with one attached hydrogen (secondary N) is 2. The van der Waals surface area contributed by atoms with Gasteiger partial charge in [-0.25, -0.2) is 20.8 Å². The number of amides is 1. The Bertz CT molecular complexity index is 1050. The fourth-order valence-corrected chi connectivity index (χ4v) is 3.80. The topological polar surface area (TPSA) is 160 Å². The van der Waals surface area contributed by atoms with E-state index >= 15 is 0 Å². The molecule has 1 amide bonds. The Labute approximate surface area is 178 Å². The van der Waals surface area contributed by atoms with Crippen LogP contribution >= 0.6 is 22.6 Å². The summed E-state index contributed by atoms with van der Waals surface area (Å²) in [7, 11) is 0. The average molecular weight is 511 g/mol. The van der Waals surface area contributed by atoms with Gasteiger partial charge in [0.2, 0.25) is 0 Å². The minimum absolute atomic E-state index is 0.384. The van der Waals surface area contributed by atoms with Crippen molar-refractivity contribution in [3.63, 3.8) is 0 Å². The van der Waals surface area contributed by atoms with Crippen LogP contribution in [0, 0.1) is 3.57 Å². The van der Waals surface area contributed by atoms with Gasteiger partial charge in [0.15, 0.2) is 29.3 Å². The van der Waals surface area contributed by atoms with Crippen LogP contribution in [0.2, 0.25) is 0 Å². The van der Waals surface area contributed by atoms with Crippen molar-refractivity contribution in [1.82, 2.24) is 24.9 Å². The third-order valence-corrected chi connectivity index (χ3v) is 5.29. The standard InChI is InChI=1S/C17H18IN7O4/c18-9-3-1-2-8(4-9)5-20-14-10-15(22-6-21-14)25(7-23-10)17-12(27)11(26)13(29-17)16(28)24-19/h1-4,6-7,11-13,17,26-27H,5,19H2,(H,24,28)(H,20,21,22). The van der Waals surface area contributed by atoms with Crippen LogP contribution in [0.25, 0.3) is 11.2 Å². The van der Waals surface area contributed by atoms with Gasteiger partial charge in [0.25, 0.3) is 5.91 Å². The van der Waals surface area contributed by atoms with Gasteiger partial charge in [-0.3, -0.25) is 14.8 Å². The first-order valence-corrected chi connectivity index (χ1v) is 9.75. The Morgan fingerprint density at radius 2 is 2.10 bits per heavy atom. The fourth-order valence-electron chi connectivity index (χ4n) is 3.19. The molecule has 4 rings (SSSR count). The number of carbonyl (C=O) groups is 1. The lowest BCUT2D eigenvalue weighted by atomic mass is 10.1. The summed E-state index contributed by atoms with van der Waals surface area (Å²) in [6.45, 7) is 0.538. The van der Waals surface area contributed by atoms with E-state index in [0.717, 1.165) is 9.13 Å². The molecule has 1 fully saturated rings. The molecule has 1 aliphatic rings. The molecule has 152 valence electrons. The number of anilines is 1. The summed E-state index contributed by atoms with van der Waals surface area (Å²) in [4.78, 5) is 24.5. The monoisotopic (exact) mass is 511 g/mol. The van der Waals surface area contributed by atoms with E-state index in [9.17, 15) is 15.0 Å². The number of halogens is 1. The second-order valence-corrected chi connectivity index (χ2v) is 7.71. The van der Waals surface area contributed by atoms with E-state index in [1.54, 1.807) is 0 Å². The number of rotatable bonds is 5. The van der Waals surface area contributed by atoms with Crippen LogP contribution in [0.5, 0.6) is 0 Å². The molecular formula is C17H18IN7O4. The molecular weight excluding hydrogens is 493 g/mol. The van der Waals surface area contributed by atoms with Gasteiger partial charge in [-0.1, -0.05) is 12.1 Å². The maximum Gasteiger partial charge on any atom is 0.265 e. The van der Waals surface area contributed by atoms with E-state index in [2.05, 4.69) is 48.9 Å². The normalized spacial score (nSPS) is 24.0. The van der Waals surface area contributed by atoms with E-state index < -0.39 is 30.4 Å². The zero-order valence-electron chi connectivity index (χ0n) is 14.9. The molecule has 12 heteroatoms. The number of nitrogens with zero attached hydrogens (tertiary/aromatic N) is 4. The van der Waals surface area contributed by atoms with Crippen LogP contribution in [-0.2, 0) is 16.1 Å². The molecule has 1 saturated heterocycles. The third kappa shape index (κ3) is 3.76. The van der Waals surface area contributed by atoms with Crippen molar-refractivity contribution >= 4 is 45.5 Å². The molecule has 4 atom stereocenters. The number of fused-ring (bicyclic) bond motifs is 1. The van der Waals surface area contributed by atoms with Gasteiger partial charge < -0.3 is 20.3 Å². The van der Waals surface area contributed by atoms with Gasteiger partial charge in [-0.15, -0.1) is 0 Å². The highest BCUT2D eigenvalue weighted by Gasteiger charge is 2.47. The maximum absolute atomic E-state index is 11.8. The van der Waals surface area contributed by atoms with Crippen LogP contribution in [0.3, 0.4) is 0 Å². The number of benzene rings is 1. The summed E-state index contributed by atoms with van der Waals surface area (Å²) in [6.07, 6.45) is -2.40. The molecule has 0 radical (unpaired) electrons. The van der Waals surface area contributed by atoms with Crippen molar-refractivity contribution in [2.24, 2.45) is 5.84 Å². The zero-order valence-corrected chi connectivity index (χ0v) is 17.1. The number of carbonyl (C=O) groups excluding carboxylic acids is 1. The van der Waals surface area contributed by atoms with Crippen molar-refractivity contribution in [3.8, 4) is 0 Å². The maximum atomic E-state index is 11.8. The summed E-state index contributed by atoms with van der Waals surface area (Å²) in [5.74, 6) is 4.88. The van der Waals surface area contributed by atoms with Gasteiger partial charge in [-0.2, -0.15) is 0 Å². The van der Waals surface area contributed by atoms with E-state index in [0.29, 0.717) is 23.5 Å². The quantitative estimate of drug-likeness (QED) is 0.134. The Balaban J connectivity index is 1.60. The zero-order chi connectivity index (χ0) is 20.5. The summed E-state index contributed by atoms with van der Waals surface area (Å²) in [6, 6.07) is 8.03. The second-order valence-electron chi connectivity index (χ2n) is 6.47. The largest absolute Gasteiger partial charge is 0.387 e. The Hall–Kier alpha value is -2.39. The fraction of sp³-hybridized carbons (Fsp3) is 0.294. The van der Waals surface area contributed by atoms with Crippen molar-refractivity contribution < 1.29 is 19.7 Å². The average Bonchev–Trinajstić information content (AvgIpc) is 3.28. The molecule has 3 heterocycles. The lowest BCUT2D eigenvalue weighted by molar-refractivity contribution is -0.137. The number of aliphatic hydroxyl groups is 2. The summed E-state index contributed by atoms with van der Waals surface area (Å²) in [5, 5.41) is 23.7. The number of aromatic nitrogens is 4. The van der Waals surface area contributed by atoms with Crippen LogP contribution in [0.4, 0.5) is 5.82 Å². The van der Waals surface area contributed by atoms with E-state index in [4.69, 9.17) is 10.6 Å². The minimum Gasteiger partial charge on any atom is -0.387 e. The number of nitrogens with two attached hydrogens (primary N) is 1. The Kier molecular flexibility index (Phi) is 5.60. The predicted octanol–water partition coefficient (Wildman–Crippen LogP) is -0.348. The molecule has 4 unspecified atom stereocenters. The van der Waals surface area contributed by atoms with E-state index in [1.165, 1.54) is 17.2 Å². The second kappa shape index (κ2) is 8.16. The van der Waals surface area contributed by atoms with Crippen molar-refractivity contribution in [2.75, 3.05) is 5.32 Å². The number of hydrogen-bond donors (Lipinski definition) is 5. The Morgan fingerprint density at radius 1 is 1.28 bits per heavy atom. The minimum atomic E-state index is -1.44. The van der Waals surface area contributed by atoms with E-state index in [1.807, 2.05) is 23.6 Å². The molecule has 0 bridgehead atoms. The van der Waals surface area contributed by atoms with Gasteiger partial charge in [0.05, 0.1) is 6.33 Å². The molecule has 1 aromatic carbocycles. The first-order valence-electron chi connectivity index (χ1n) is 8.67. The molecule has 6 N–H and O–H groups in total. The van der Waals surface area contributed by atoms with Crippen LogP contribution in [0.15, 0.2) is 36.9 Å². The van der Waals surface area contributed by atoms with Crippen LogP contribution in [-0.4, -0.2) is 54.0 Å². The molecule has 3 aromatic rings. The molecule has 1 aliphatic heterocycles. The summed E-state index contributed by atoms with van der Waals surface area (Å²) >= 11 is 2.25. The van der Waals surface area contributed by atoms with E-state index in [-0.39, 0.29) is 0 Å². The number of ether oxygens (including phenoxy) is 1. The third-order valence-electron chi connectivity index (χ3n) is 4.62. The molecule has 0 saturated carbocycles. The first kappa shape index (κ1) is 19.9. The number of imidazole rings is 1. The van der Waals surface area contributed by atoms with Gasteiger partial charge in [0, 0.05) is 10.1 Å². The predicted molar refractivity (Wildman–Crippen MR) is 110 cm³/mol. The Morgan fingerprint density at radius 3 is 2.86 bits per heavy atom.